The molecule has 6 heteroatoms. The second kappa shape index (κ2) is 5.64. The lowest BCUT2D eigenvalue weighted by Gasteiger charge is -2.42. The third-order valence-corrected chi connectivity index (χ3v) is 3.51. The zero-order chi connectivity index (χ0) is 14.0. The molecule has 2 atom stereocenters. The van der Waals surface area contributed by atoms with Crippen LogP contribution >= 0.6 is 0 Å². The lowest BCUT2D eigenvalue weighted by Crippen LogP contribution is -2.61. The highest BCUT2D eigenvalue weighted by molar-refractivity contribution is 5.68. The fourth-order valence-electron chi connectivity index (χ4n) is 2.54. The highest BCUT2D eigenvalue weighted by atomic mass is 16.6. The van der Waals surface area contributed by atoms with Crippen LogP contribution in [0.3, 0.4) is 0 Å². The third-order valence-electron chi connectivity index (χ3n) is 3.51. The Balaban J connectivity index is 1.97. The number of piperazine rings is 1. The molecule has 0 radical (unpaired) electrons. The van der Waals surface area contributed by atoms with E-state index in [1.165, 1.54) is 0 Å². The number of fused-ring (bicyclic) bond motifs is 1. The smallest absolute Gasteiger partial charge is 0.410 e. The highest BCUT2D eigenvalue weighted by Gasteiger charge is 2.36. The number of hydrogen-bond donors (Lipinski definition) is 1. The van der Waals surface area contributed by atoms with Gasteiger partial charge in [-0.2, -0.15) is 0 Å². The van der Waals surface area contributed by atoms with Crippen LogP contribution < -0.4 is 5.73 Å². The topological polar surface area (TPSA) is 68.0 Å². The van der Waals surface area contributed by atoms with E-state index in [4.69, 9.17) is 15.2 Å². The minimum Gasteiger partial charge on any atom is -0.444 e. The molecule has 0 aromatic heterocycles. The molecule has 1 amide bonds. The van der Waals surface area contributed by atoms with Crippen molar-refractivity contribution in [1.82, 2.24) is 9.80 Å². The maximum atomic E-state index is 12.1. The summed E-state index contributed by atoms with van der Waals surface area (Å²) >= 11 is 0. The first-order valence-corrected chi connectivity index (χ1v) is 6.92. The molecule has 2 rings (SSSR count). The zero-order valence-corrected chi connectivity index (χ0v) is 12.1. The molecule has 0 spiro atoms. The van der Waals surface area contributed by atoms with Crippen molar-refractivity contribution in [1.29, 1.82) is 0 Å². The Morgan fingerprint density at radius 1 is 1.32 bits per heavy atom. The number of nitrogens with two attached hydrogens (primary N) is 1. The van der Waals surface area contributed by atoms with E-state index in [1.54, 1.807) is 4.90 Å². The number of nitrogens with zero attached hydrogens (tertiary/aromatic N) is 2. The zero-order valence-electron chi connectivity index (χ0n) is 12.1. The van der Waals surface area contributed by atoms with Gasteiger partial charge in [-0.05, 0) is 20.8 Å². The van der Waals surface area contributed by atoms with Gasteiger partial charge < -0.3 is 20.1 Å². The van der Waals surface area contributed by atoms with E-state index in [2.05, 4.69) is 4.90 Å². The summed E-state index contributed by atoms with van der Waals surface area (Å²) in [6, 6.07) is 0.122. The maximum Gasteiger partial charge on any atom is 0.410 e. The Bertz CT molecular complexity index is 330. The monoisotopic (exact) mass is 271 g/mol. The number of amides is 1. The minimum atomic E-state index is -0.455. The van der Waals surface area contributed by atoms with Gasteiger partial charge in [-0.3, -0.25) is 4.90 Å². The number of rotatable bonds is 0. The molecule has 2 unspecified atom stereocenters. The van der Waals surface area contributed by atoms with Crippen molar-refractivity contribution in [2.45, 2.75) is 38.5 Å². The molecule has 2 aliphatic heterocycles. The average Bonchev–Trinajstić information content (AvgIpc) is 2.49. The van der Waals surface area contributed by atoms with Crippen LogP contribution in [0.25, 0.3) is 0 Å². The van der Waals surface area contributed by atoms with E-state index >= 15 is 0 Å². The van der Waals surface area contributed by atoms with Gasteiger partial charge in [-0.15, -0.1) is 0 Å². The summed E-state index contributed by atoms with van der Waals surface area (Å²) in [5, 5.41) is 0. The van der Waals surface area contributed by atoms with Gasteiger partial charge in [-0.25, -0.2) is 4.79 Å². The second-order valence-electron chi connectivity index (χ2n) is 6.27. The van der Waals surface area contributed by atoms with Gasteiger partial charge in [0.15, 0.2) is 0 Å². The van der Waals surface area contributed by atoms with Gasteiger partial charge in [0.05, 0.1) is 13.2 Å². The standard InChI is InChI=1S/C13H25N3O3/c1-13(2,3)19-12(17)16-5-4-15-6-7-18-9-10(14)11(15)8-16/h10-11H,4-9,14H2,1-3H3. The molecule has 2 saturated heterocycles. The molecule has 2 fully saturated rings. The van der Waals surface area contributed by atoms with Crippen molar-refractivity contribution < 1.29 is 14.3 Å². The fraction of sp³-hybridized carbons (Fsp3) is 0.923. The number of carbonyl (C=O) groups is 1. The highest BCUT2D eigenvalue weighted by Crippen LogP contribution is 2.17. The molecule has 0 saturated carbocycles. The van der Waals surface area contributed by atoms with E-state index in [9.17, 15) is 4.79 Å². The van der Waals surface area contributed by atoms with Crippen LogP contribution in [-0.2, 0) is 9.47 Å². The molecular weight excluding hydrogens is 246 g/mol. The molecule has 0 bridgehead atoms. The van der Waals surface area contributed by atoms with E-state index in [1.807, 2.05) is 20.8 Å². The molecule has 110 valence electrons. The van der Waals surface area contributed by atoms with Crippen molar-refractivity contribution in [3.05, 3.63) is 0 Å². The van der Waals surface area contributed by atoms with Crippen molar-refractivity contribution in [3.8, 4) is 0 Å². The van der Waals surface area contributed by atoms with Crippen molar-refractivity contribution in [3.63, 3.8) is 0 Å². The first-order chi connectivity index (χ1) is 8.87. The average molecular weight is 271 g/mol. The third kappa shape index (κ3) is 3.81. The molecular formula is C13H25N3O3. The van der Waals surface area contributed by atoms with Crippen LogP contribution in [0.5, 0.6) is 0 Å². The molecule has 2 aliphatic rings. The van der Waals surface area contributed by atoms with E-state index in [-0.39, 0.29) is 18.2 Å². The molecule has 0 aromatic carbocycles. The van der Waals surface area contributed by atoms with Crippen LogP contribution in [0.15, 0.2) is 0 Å². The summed E-state index contributed by atoms with van der Waals surface area (Å²) in [5.41, 5.74) is 5.68. The van der Waals surface area contributed by atoms with Crippen LogP contribution in [0, 0.1) is 0 Å². The lowest BCUT2D eigenvalue weighted by molar-refractivity contribution is 0.00301. The summed E-state index contributed by atoms with van der Waals surface area (Å²) < 4.78 is 10.9. The first kappa shape index (κ1) is 14.6. The van der Waals surface area contributed by atoms with Crippen molar-refractivity contribution in [2.24, 2.45) is 5.73 Å². The second-order valence-corrected chi connectivity index (χ2v) is 6.27. The number of ether oxygens (including phenoxy) is 2. The van der Waals surface area contributed by atoms with Gasteiger partial charge in [-0.1, -0.05) is 0 Å². The van der Waals surface area contributed by atoms with Crippen LogP contribution in [0.1, 0.15) is 20.8 Å². The number of carbonyl (C=O) groups excluding carboxylic acids is 1. The molecule has 19 heavy (non-hydrogen) atoms. The molecule has 0 aromatic rings. The van der Waals surface area contributed by atoms with Gasteiger partial charge in [0, 0.05) is 38.3 Å². The van der Waals surface area contributed by atoms with E-state index in [0.717, 1.165) is 19.7 Å². The summed E-state index contributed by atoms with van der Waals surface area (Å²) in [7, 11) is 0. The number of hydrogen-bond acceptors (Lipinski definition) is 5. The van der Waals surface area contributed by atoms with Gasteiger partial charge in [0.2, 0.25) is 0 Å². The SMILES string of the molecule is CC(C)(C)OC(=O)N1CCN2CCOCC(N)C2C1. The van der Waals surface area contributed by atoms with Gasteiger partial charge in [0.25, 0.3) is 0 Å². The predicted molar refractivity (Wildman–Crippen MR) is 72.0 cm³/mol. The largest absolute Gasteiger partial charge is 0.444 e. The predicted octanol–water partition coefficient (Wildman–Crippen LogP) is 0.265. The summed E-state index contributed by atoms with van der Waals surface area (Å²) in [6.45, 7) is 9.96. The van der Waals surface area contributed by atoms with Gasteiger partial charge in [0.1, 0.15) is 5.60 Å². The van der Waals surface area contributed by atoms with Gasteiger partial charge >= 0.3 is 6.09 Å². The van der Waals surface area contributed by atoms with Crippen LogP contribution in [0.4, 0.5) is 4.79 Å². The first-order valence-electron chi connectivity index (χ1n) is 6.92. The minimum absolute atomic E-state index is 0.0484. The Kier molecular flexibility index (Phi) is 4.32. The summed E-state index contributed by atoms with van der Waals surface area (Å²) in [6.07, 6.45) is -0.246. The maximum absolute atomic E-state index is 12.1. The Morgan fingerprint density at radius 3 is 2.74 bits per heavy atom. The van der Waals surface area contributed by atoms with E-state index in [0.29, 0.717) is 19.7 Å². The Labute approximate surface area is 114 Å². The molecule has 2 N–H and O–H groups in total. The summed E-state index contributed by atoms with van der Waals surface area (Å²) in [4.78, 5) is 16.2. The lowest BCUT2D eigenvalue weighted by atomic mass is 10.1. The molecule has 6 nitrogen and oxygen atoms in total. The molecule has 0 aliphatic carbocycles. The quantitative estimate of drug-likeness (QED) is 0.685. The van der Waals surface area contributed by atoms with E-state index < -0.39 is 5.60 Å². The fourth-order valence-corrected chi connectivity index (χ4v) is 2.54. The van der Waals surface area contributed by atoms with Crippen LogP contribution in [-0.4, -0.2) is 73.0 Å². The molecule has 2 heterocycles. The van der Waals surface area contributed by atoms with Crippen molar-refractivity contribution in [2.75, 3.05) is 39.4 Å². The normalized spacial score (nSPS) is 29.6. The van der Waals surface area contributed by atoms with Crippen LogP contribution in [0.2, 0.25) is 0 Å². The Morgan fingerprint density at radius 2 is 2.05 bits per heavy atom. The Hall–Kier alpha value is -0.850. The summed E-state index contributed by atoms with van der Waals surface area (Å²) in [5.74, 6) is 0. The van der Waals surface area contributed by atoms with Crippen molar-refractivity contribution >= 4 is 6.09 Å².